The average Bonchev–Trinajstić information content (AvgIpc) is 2.93. The number of fused-ring (bicyclic) bond motifs is 1. The summed E-state index contributed by atoms with van der Waals surface area (Å²) < 4.78 is 10.4. The van der Waals surface area contributed by atoms with Crippen LogP contribution in [0.2, 0.25) is 5.15 Å². The van der Waals surface area contributed by atoms with Crippen LogP contribution in [0.3, 0.4) is 0 Å². The molecule has 3 rings (SSSR count). The third kappa shape index (κ3) is 2.78. The van der Waals surface area contributed by atoms with Crippen molar-refractivity contribution in [2.24, 2.45) is 0 Å². The number of aromatic nitrogens is 3. The van der Waals surface area contributed by atoms with Gasteiger partial charge in [0.05, 0.1) is 11.1 Å². The molecule has 0 radical (unpaired) electrons. The van der Waals surface area contributed by atoms with Gasteiger partial charge in [0.15, 0.2) is 11.9 Å². The monoisotopic (exact) mass is 317 g/mol. The molecule has 0 saturated heterocycles. The Hall–Kier alpha value is -2.47. The minimum Gasteiger partial charge on any atom is -0.449 e. The number of nitrogens with zero attached hydrogens (tertiary/aromatic N) is 3. The van der Waals surface area contributed by atoms with Gasteiger partial charge in [-0.05, 0) is 26.0 Å². The highest BCUT2D eigenvalue weighted by Gasteiger charge is 2.21. The lowest BCUT2D eigenvalue weighted by Crippen LogP contribution is -2.10. The van der Waals surface area contributed by atoms with E-state index in [-0.39, 0.29) is 11.0 Å². The Kier molecular flexibility index (Phi) is 3.77. The number of esters is 1. The lowest BCUT2D eigenvalue weighted by molar-refractivity contribution is 0.0267. The number of carbonyl (C=O) groups excluding carboxylic acids is 1. The van der Waals surface area contributed by atoms with Crippen LogP contribution in [0, 0.1) is 6.92 Å². The van der Waals surface area contributed by atoms with E-state index in [1.165, 1.54) is 6.07 Å². The summed E-state index contributed by atoms with van der Waals surface area (Å²) in [6, 6.07) is 8.70. The molecule has 1 aromatic carbocycles. The highest BCUT2D eigenvalue weighted by Crippen LogP contribution is 2.24. The van der Waals surface area contributed by atoms with Crippen LogP contribution in [0.25, 0.3) is 10.9 Å². The number of ether oxygens (including phenoxy) is 1. The Bertz CT molecular complexity index is 847. The summed E-state index contributed by atoms with van der Waals surface area (Å²) >= 11 is 5.97. The summed E-state index contributed by atoms with van der Waals surface area (Å²) in [4.78, 5) is 20.6. The topological polar surface area (TPSA) is 78.1 Å². The maximum atomic E-state index is 12.4. The number of pyridine rings is 1. The summed E-state index contributed by atoms with van der Waals surface area (Å²) in [6.07, 6.45) is -0.653. The van der Waals surface area contributed by atoms with Gasteiger partial charge in [-0.3, -0.25) is 0 Å². The molecule has 0 aliphatic carbocycles. The van der Waals surface area contributed by atoms with Crippen molar-refractivity contribution in [3.8, 4) is 0 Å². The Morgan fingerprint density at radius 1 is 1.32 bits per heavy atom. The fourth-order valence-corrected chi connectivity index (χ4v) is 2.26. The zero-order chi connectivity index (χ0) is 15.7. The van der Waals surface area contributed by atoms with Crippen molar-refractivity contribution < 1.29 is 14.1 Å². The quantitative estimate of drug-likeness (QED) is 0.543. The minimum absolute atomic E-state index is 0.229. The van der Waals surface area contributed by atoms with E-state index >= 15 is 0 Å². The van der Waals surface area contributed by atoms with Crippen LogP contribution in [-0.4, -0.2) is 21.1 Å². The molecule has 6 nitrogen and oxygen atoms in total. The van der Waals surface area contributed by atoms with Gasteiger partial charge >= 0.3 is 5.97 Å². The number of carbonyl (C=O) groups is 1. The van der Waals surface area contributed by atoms with Crippen LogP contribution < -0.4 is 0 Å². The van der Waals surface area contributed by atoms with Gasteiger partial charge in [-0.2, -0.15) is 4.98 Å². The molecule has 0 bridgehead atoms. The molecule has 0 saturated carbocycles. The maximum absolute atomic E-state index is 12.4. The molecule has 0 aliphatic rings. The third-order valence-corrected chi connectivity index (χ3v) is 3.27. The molecule has 7 heteroatoms. The van der Waals surface area contributed by atoms with Gasteiger partial charge in [-0.1, -0.05) is 35.0 Å². The molecule has 0 spiro atoms. The molecule has 1 atom stereocenters. The molecule has 0 fully saturated rings. The smallest absolute Gasteiger partial charge is 0.339 e. The minimum atomic E-state index is -0.653. The summed E-state index contributed by atoms with van der Waals surface area (Å²) in [5, 5.41) is 4.57. The van der Waals surface area contributed by atoms with Crippen molar-refractivity contribution in [3.05, 3.63) is 52.8 Å². The Balaban J connectivity index is 1.92. The zero-order valence-electron chi connectivity index (χ0n) is 11.9. The molecule has 3 aromatic rings. The third-order valence-electron chi connectivity index (χ3n) is 3.08. The normalized spacial score (nSPS) is 12.3. The lowest BCUT2D eigenvalue weighted by atomic mass is 10.1. The van der Waals surface area contributed by atoms with Crippen molar-refractivity contribution in [1.82, 2.24) is 15.1 Å². The summed E-state index contributed by atoms with van der Waals surface area (Å²) in [6.45, 7) is 3.35. The fourth-order valence-electron chi connectivity index (χ4n) is 2.06. The molecule has 2 aromatic heterocycles. The largest absolute Gasteiger partial charge is 0.449 e. The molecule has 22 heavy (non-hydrogen) atoms. The molecule has 112 valence electrons. The highest BCUT2D eigenvalue weighted by atomic mass is 35.5. The SMILES string of the molecule is Cc1noc(C(C)OC(=O)c2cc(Cl)nc3ccccc23)n1. The lowest BCUT2D eigenvalue weighted by Gasteiger charge is -2.11. The summed E-state index contributed by atoms with van der Waals surface area (Å²) in [7, 11) is 0. The van der Waals surface area contributed by atoms with Crippen molar-refractivity contribution in [2.75, 3.05) is 0 Å². The van der Waals surface area contributed by atoms with Crippen LogP contribution in [0.5, 0.6) is 0 Å². The van der Waals surface area contributed by atoms with E-state index in [2.05, 4.69) is 15.1 Å². The van der Waals surface area contributed by atoms with Crippen molar-refractivity contribution in [1.29, 1.82) is 0 Å². The zero-order valence-corrected chi connectivity index (χ0v) is 12.7. The van der Waals surface area contributed by atoms with E-state index in [4.69, 9.17) is 20.9 Å². The van der Waals surface area contributed by atoms with Gasteiger partial charge in [0, 0.05) is 5.39 Å². The Morgan fingerprint density at radius 3 is 2.82 bits per heavy atom. The second kappa shape index (κ2) is 5.73. The van der Waals surface area contributed by atoms with Crippen molar-refractivity contribution >= 4 is 28.5 Å². The van der Waals surface area contributed by atoms with Crippen LogP contribution in [0.4, 0.5) is 0 Å². The van der Waals surface area contributed by atoms with Gasteiger partial charge in [-0.15, -0.1) is 0 Å². The Labute approximate surface area is 131 Å². The maximum Gasteiger partial charge on any atom is 0.339 e. The fraction of sp³-hybridized carbons (Fsp3) is 0.200. The first-order valence-electron chi connectivity index (χ1n) is 6.61. The molecular weight excluding hydrogens is 306 g/mol. The second-order valence-corrected chi connectivity index (χ2v) is 5.12. The van der Waals surface area contributed by atoms with E-state index in [9.17, 15) is 4.79 Å². The van der Waals surface area contributed by atoms with Crippen LogP contribution in [-0.2, 0) is 4.74 Å². The summed E-state index contributed by atoms with van der Waals surface area (Å²) in [5.74, 6) is 0.203. The molecule has 0 aliphatic heterocycles. The van der Waals surface area contributed by atoms with Gasteiger partial charge < -0.3 is 9.26 Å². The average molecular weight is 318 g/mol. The van der Waals surface area contributed by atoms with Gasteiger partial charge in [-0.25, -0.2) is 9.78 Å². The predicted octanol–water partition coefficient (Wildman–Crippen LogP) is 3.50. The van der Waals surface area contributed by atoms with Crippen LogP contribution >= 0.6 is 11.6 Å². The van der Waals surface area contributed by atoms with Gasteiger partial charge in [0.2, 0.25) is 0 Å². The number of benzene rings is 1. The van der Waals surface area contributed by atoms with Crippen LogP contribution in [0.15, 0.2) is 34.9 Å². The number of aryl methyl sites for hydroxylation is 1. The number of hydrogen-bond donors (Lipinski definition) is 0. The molecule has 0 amide bonds. The first-order chi connectivity index (χ1) is 10.5. The van der Waals surface area contributed by atoms with E-state index < -0.39 is 12.1 Å². The predicted molar refractivity (Wildman–Crippen MR) is 79.6 cm³/mol. The van der Waals surface area contributed by atoms with E-state index in [0.717, 1.165) is 0 Å². The summed E-state index contributed by atoms with van der Waals surface area (Å²) in [5.41, 5.74) is 0.974. The van der Waals surface area contributed by atoms with Gasteiger partial charge in [0.1, 0.15) is 5.15 Å². The molecular formula is C15H12ClN3O3. The van der Waals surface area contributed by atoms with Crippen molar-refractivity contribution in [2.45, 2.75) is 20.0 Å². The van der Waals surface area contributed by atoms with E-state index in [1.54, 1.807) is 26.0 Å². The van der Waals surface area contributed by atoms with Crippen LogP contribution in [0.1, 0.15) is 35.1 Å². The first kappa shape index (κ1) is 14.5. The highest BCUT2D eigenvalue weighted by molar-refractivity contribution is 6.30. The Morgan fingerprint density at radius 2 is 2.09 bits per heavy atom. The van der Waals surface area contributed by atoms with E-state index in [0.29, 0.717) is 22.3 Å². The van der Waals surface area contributed by atoms with Gasteiger partial charge in [0.25, 0.3) is 5.89 Å². The molecule has 1 unspecified atom stereocenters. The number of halogens is 1. The van der Waals surface area contributed by atoms with E-state index in [1.807, 2.05) is 12.1 Å². The molecule has 2 heterocycles. The molecule has 0 N–H and O–H groups in total. The van der Waals surface area contributed by atoms with Crippen molar-refractivity contribution in [3.63, 3.8) is 0 Å². The second-order valence-electron chi connectivity index (χ2n) is 4.74. The number of hydrogen-bond acceptors (Lipinski definition) is 6. The first-order valence-corrected chi connectivity index (χ1v) is 6.99. The number of para-hydroxylation sites is 1. The standard InChI is InChI=1S/C15H12ClN3O3/c1-8(14-17-9(2)19-22-14)21-15(20)11-7-13(16)18-12-6-4-3-5-10(11)12/h3-8H,1-2H3. The number of rotatable bonds is 3.